The van der Waals surface area contributed by atoms with Gasteiger partial charge in [-0.25, -0.2) is 4.79 Å². The molecule has 30 heavy (non-hydrogen) atoms. The first kappa shape index (κ1) is 18.9. The zero-order chi connectivity index (χ0) is 21.0. The summed E-state index contributed by atoms with van der Waals surface area (Å²) in [5, 5.41) is 19.9. The maximum Gasteiger partial charge on any atom is 0.340 e. The second-order valence-corrected chi connectivity index (χ2v) is 8.03. The number of Topliss-reactive ketones (excluding diaryl/α,β-unsaturated/α-hetero) is 1. The molecule has 6 nitrogen and oxygen atoms in total. The molecule has 0 aliphatic carbocycles. The van der Waals surface area contributed by atoms with Crippen LogP contribution in [0.25, 0.3) is 0 Å². The van der Waals surface area contributed by atoms with E-state index in [2.05, 4.69) is 0 Å². The van der Waals surface area contributed by atoms with Crippen LogP contribution in [0.2, 0.25) is 0 Å². The fraction of sp³-hybridized carbons (Fsp3) is 0.130. The molecule has 5 rings (SSSR count). The van der Waals surface area contributed by atoms with Gasteiger partial charge >= 0.3 is 5.97 Å². The van der Waals surface area contributed by atoms with E-state index in [0.717, 1.165) is 5.56 Å². The maximum atomic E-state index is 12.9. The third kappa shape index (κ3) is 2.68. The summed E-state index contributed by atoms with van der Waals surface area (Å²) in [6.45, 7) is 0. The smallest absolute Gasteiger partial charge is 0.340 e. The minimum Gasteiger partial charge on any atom is -0.508 e. The Bertz CT molecular complexity index is 1180. The van der Waals surface area contributed by atoms with Crippen LogP contribution in [-0.2, 0) is 21.6 Å². The third-order valence-electron chi connectivity index (χ3n) is 5.39. The van der Waals surface area contributed by atoms with Gasteiger partial charge in [0.05, 0.1) is 9.99 Å². The fourth-order valence-corrected chi connectivity index (χ4v) is 4.40. The number of halogens is 1. The molecule has 3 aromatic rings. The van der Waals surface area contributed by atoms with Crippen molar-refractivity contribution in [3.05, 3.63) is 82.4 Å². The molecule has 3 aromatic carbocycles. The zero-order valence-corrected chi connectivity index (χ0v) is 17.7. The highest BCUT2D eigenvalue weighted by Crippen LogP contribution is 2.57. The summed E-state index contributed by atoms with van der Waals surface area (Å²) >= 11 is 2.03. The standard InChI is InChI=1S/C23H15IO6/c24-11-15(27)7-12-1-4-16-19(8-12)23(30-22(16)28)17-5-2-13(25)9-20(17)29-21-10-14(26)3-6-18(21)23/h1-6,8-10,25-26H,7,11H2. The van der Waals surface area contributed by atoms with Gasteiger partial charge in [-0.1, -0.05) is 28.7 Å². The van der Waals surface area contributed by atoms with Crippen LogP contribution in [0.3, 0.4) is 0 Å². The minimum absolute atomic E-state index is 0.00144. The minimum atomic E-state index is -1.31. The van der Waals surface area contributed by atoms with Gasteiger partial charge in [-0.3, -0.25) is 4.79 Å². The number of aromatic hydroxyl groups is 2. The third-order valence-corrected chi connectivity index (χ3v) is 6.24. The van der Waals surface area contributed by atoms with E-state index < -0.39 is 11.6 Å². The van der Waals surface area contributed by atoms with Crippen molar-refractivity contribution in [2.45, 2.75) is 12.0 Å². The number of phenolic OH excluding ortho intramolecular Hbond substituents is 2. The molecule has 0 unspecified atom stereocenters. The first-order valence-corrected chi connectivity index (χ1v) is 10.7. The van der Waals surface area contributed by atoms with Gasteiger partial charge in [-0.15, -0.1) is 0 Å². The van der Waals surface area contributed by atoms with E-state index in [1.54, 1.807) is 24.3 Å². The highest BCUT2D eigenvalue weighted by Gasteiger charge is 2.53. The molecule has 150 valence electrons. The molecule has 0 saturated carbocycles. The Labute approximate surface area is 185 Å². The Kier molecular flexibility index (Phi) is 4.25. The number of ether oxygens (including phenoxy) is 2. The molecule has 2 aliphatic heterocycles. The maximum absolute atomic E-state index is 12.9. The SMILES string of the molecule is O=C(CI)Cc1ccc2c(c1)C1(OC2=O)c2ccc(O)cc2Oc2cc(O)ccc21. The largest absolute Gasteiger partial charge is 0.508 e. The molecule has 0 radical (unpaired) electrons. The van der Waals surface area contributed by atoms with Gasteiger partial charge in [0.2, 0.25) is 0 Å². The van der Waals surface area contributed by atoms with Crippen LogP contribution in [0.1, 0.15) is 32.6 Å². The Hall–Kier alpha value is -3.07. The van der Waals surface area contributed by atoms with Crippen LogP contribution in [0, 0.1) is 0 Å². The zero-order valence-electron chi connectivity index (χ0n) is 15.5. The van der Waals surface area contributed by atoms with E-state index in [0.29, 0.717) is 38.2 Å². The van der Waals surface area contributed by atoms with E-state index >= 15 is 0 Å². The number of carbonyl (C=O) groups excluding carboxylic acids is 2. The lowest BCUT2D eigenvalue weighted by molar-refractivity contribution is -0.115. The number of carbonyl (C=O) groups is 2. The molecule has 0 saturated heterocycles. The van der Waals surface area contributed by atoms with Crippen molar-refractivity contribution in [1.82, 2.24) is 0 Å². The van der Waals surface area contributed by atoms with Crippen molar-refractivity contribution >= 4 is 34.3 Å². The molecule has 0 bridgehead atoms. The molecular weight excluding hydrogens is 499 g/mol. The van der Waals surface area contributed by atoms with Gasteiger partial charge in [0.25, 0.3) is 0 Å². The average Bonchev–Trinajstić information content (AvgIpc) is 3.00. The quantitative estimate of drug-likeness (QED) is 0.309. The Morgan fingerprint density at radius 3 is 2.13 bits per heavy atom. The summed E-state index contributed by atoms with van der Waals surface area (Å²) in [6.07, 6.45) is 0.252. The summed E-state index contributed by atoms with van der Waals surface area (Å²) < 4.78 is 12.3. The lowest BCUT2D eigenvalue weighted by atomic mass is 9.77. The van der Waals surface area contributed by atoms with E-state index in [-0.39, 0.29) is 23.7 Å². The Morgan fingerprint density at radius 1 is 0.900 bits per heavy atom. The van der Waals surface area contributed by atoms with Crippen molar-refractivity contribution < 1.29 is 29.3 Å². The van der Waals surface area contributed by atoms with E-state index in [4.69, 9.17) is 9.47 Å². The molecule has 1 spiro atoms. The highest BCUT2D eigenvalue weighted by atomic mass is 127. The fourth-order valence-electron chi connectivity index (χ4n) is 4.13. The van der Waals surface area contributed by atoms with Gasteiger partial charge in [0, 0.05) is 35.2 Å². The van der Waals surface area contributed by atoms with Crippen LogP contribution >= 0.6 is 22.6 Å². The summed E-state index contributed by atoms with van der Waals surface area (Å²) in [5.41, 5.74) is 1.60. The van der Waals surface area contributed by atoms with E-state index in [9.17, 15) is 19.8 Å². The van der Waals surface area contributed by atoms with Gasteiger partial charge in [0.1, 0.15) is 28.8 Å². The predicted octanol–water partition coefficient (Wildman–Crippen LogP) is 4.21. The van der Waals surface area contributed by atoms with Crippen LogP contribution in [0.5, 0.6) is 23.0 Å². The van der Waals surface area contributed by atoms with Crippen molar-refractivity contribution in [2.75, 3.05) is 4.43 Å². The number of hydrogen-bond donors (Lipinski definition) is 2. The topological polar surface area (TPSA) is 93.1 Å². The second-order valence-electron chi connectivity index (χ2n) is 7.26. The van der Waals surface area contributed by atoms with Crippen LogP contribution in [-0.4, -0.2) is 26.4 Å². The molecule has 7 heteroatoms. The van der Waals surface area contributed by atoms with Crippen molar-refractivity contribution in [2.24, 2.45) is 0 Å². The van der Waals surface area contributed by atoms with Gasteiger partial charge in [-0.2, -0.15) is 0 Å². The molecule has 2 aliphatic rings. The van der Waals surface area contributed by atoms with Crippen molar-refractivity contribution in [3.8, 4) is 23.0 Å². The molecular formula is C23H15IO6. The number of benzene rings is 3. The molecule has 0 fully saturated rings. The van der Waals surface area contributed by atoms with Crippen LogP contribution in [0.4, 0.5) is 0 Å². The van der Waals surface area contributed by atoms with Gasteiger partial charge in [-0.05, 0) is 42.0 Å². The lowest BCUT2D eigenvalue weighted by Crippen LogP contribution is -2.33. The predicted molar refractivity (Wildman–Crippen MR) is 116 cm³/mol. The monoisotopic (exact) mass is 514 g/mol. The highest BCUT2D eigenvalue weighted by molar-refractivity contribution is 14.1. The first-order valence-electron chi connectivity index (χ1n) is 9.21. The summed E-state index contributed by atoms with van der Waals surface area (Å²) in [5.74, 6) is 0.232. The van der Waals surface area contributed by atoms with Gasteiger partial charge in [0.15, 0.2) is 5.60 Å². The Balaban J connectivity index is 1.81. The average molecular weight is 514 g/mol. The molecule has 0 amide bonds. The number of rotatable bonds is 3. The number of ketones is 1. The summed E-state index contributed by atoms with van der Waals surface area (Å²) in [7, 11) is 0. The number of esters is 1. The molecule has 2 N–H and O–H groups in total. The summed E-state index contributed by atoms with van der Waals surface area (Å²) in [6, 6.07) is 14.5. The molecule has 2 heterocycles. The normalized spacial score (nSPS) is 15.0. The first-order chi connectivity index (χ1) is 14.4. The van der Waals surface area contributed by atoms with Crippen LogP contribution in [0.15, 0.2) is 54.6 Å². The Morgan fingerprint density at radius 2 is 1.53 bits per heavy atom. The van der Waals surface area contributed by atoms with Crippen molar-refractivity contribution in [3.63, 3.8) is 0 Å². The van der Waals surface area contributed by atoms with Gasteiger partial charge < -0.3 is 19.7 Å². The van der Waals surface area contributed by atoms with E-state index in [1.807, 2.05) is 28.7 Å². The van der Waals surface area contributed by atoms with E-state index in [1.165, 1.54) is 24.3 Å². The second kappa shape index (κ2) is 6.73. The summed E-state index contributed by atoms with van der Waals surface area (Å²) in [4.78, 5) is 24.9. The number of phenols is 2. The number of fused-ring (bicyclic) bond motifs is 6. The number of hydrogen-bond acceptors (Lipinski definition) is 6. The lowest BCUT2D eigenvalue weighted by Gasteiger charge is -2.36. The molecule has 0 atom stereocenters. The molecule has 0 aromatic heterocycles. The number of alkyl halides is 1. The van der Waals surface area contributed by atoms with Crippen molar-refractivity contribution in [1.29, 1.82) is 0 Å². The van der Waals surface area contributed by atoms with Crippen LogP contribution < -0.4 is 4.74 Å².